The molecule has 1 aromatic rings. The number of carbonyl (C=O) groups excluding carboxylic acids is 1. The largest absolute Gasteiger partial charge is 1.00 e. The first-order valence-electron chi connectivity index (χ1n) is 2.52. The van der Waals surface area contributed by atoms with Crippen LogP contribution in [0.2, 0.25) is 0 Å². The van der Waals surface area contributed by atoms with E-state index >= 15 is 0 Å². The smallest absolute Gasteiger partial charge is 0.433 e. The predicted octanol–water partition coefficient (Wildman–Crippen LogP) is -1.34. The second kappa shape index (κ2) is 4.72. The fraction of sp³-hybridized carbons (Fsp3) is 0. The number of carbonyl (C=O) groups is 1. The lowest BCUT2D eigenvalue weighted by molar-refractivity contribution is -0.0000103. The quantitative estimate of drug-likeness (QED) is 0.338. The summed E-state index contributed by atoms with van der Waals surface area (Å²) in [6.07, 6.45) is 0. The van der Waals surface area contributed by atoms with Crippen molar-refractivity contribution in [3.8, 4) is 6.07 Å². The van der Waals surface area contributed by atoms with Crippen molar-refractivity contribution in [3.63, 3.8) is 0 Å². The number of Topliss-reactive ketones (excluding diaryl/α,β-unsaturated/α-hetero) is 1. The third-order valence-electron chi connectivity index (χ3n) is 0.897. The lowest BCUT2D eigenvalue weighted by atomic mass is 10.3. The summed E-state index contributed by atoms with van der Waals surface area (Å²) in [6, 6.07) is 5.29. The number of hydrogen-bond acceptors (Lipinski definition) is 3. The molecule has 1 heterocycles. The van der Waals surface area contributed by atoms with Crippen molar-refractivity contribution >= 4 is 17.1 Å². The second-order valence-corrected chi connectivity index (χ2v) is 2.47. The highest BCUT2D eigenvalue weighted by Crippen LogP contribution is 2.08. The van der Waals surface area contributed by atoms with Gasteiger partial charge in [0.25, 0.3) is 0 Å². The molecule has 0 unspecified atom stereocenters. The van der Waals surface area contributed by atoms with E-state index in [2.05, 4.69) is 5.01 Å². The van der Waals surface area contributed by atoms with Crippen molar-refractivity contribution in [2.24, 2.45) is 0 Å². The standard InChI is InChI=1S/C6H3NO2S.ClH/c8-5(4-7-9)6-2-1-3-10-6;/h1-3H;1H. The zero-order valence-corrected chi connectivity index (χ0v) is 6.89. The Morgan fingerprint density at radius 1 is 1.73 bits per heavy atom. The molecule has 1 rings (SSSR count). The molecule has 3 nitrogen and oxygen atoms in total. The van der Waals surface area contributed by atoms with Gasteiger partial charge in [-0.2, -0.15) is 5.21 Å². The van der Waals surface area contributed by atoms with Crippen LogP contribution in [-0.2, 0) is 0 Å². The third kappa shape index (κ3) is 2.58. The van der Waals surface area contributed by atoms with Crippen LogP contribution in [0.25, 0.3) is 5.01 Å². The number of ketones is 1. The summed E-state index contributed by atoms with van der Waals surface area (Å²) < 4.78 is 0. The molecule has 1 aromatic heterocycles. The molecule has 0 aromatic carbocycles. The normalized spacial score (nSPS) is 7.27. The van der Waals surface area contributed by atoms with E-state index < -0.39 is 5.78 Å². The first kappa shape index (κ1) is 9.95. The highest BCUT2D eigenvalue weighted by Gasteiger charge is 2.09. The summed E-state index contributed by atoms with van der Waals surface area (Å²) in [6.45, 7) is 0. The maximum absolute atomic E-state index is 10.8. The molecular weight excluding hydrogens is 186 g/mol. The van der Waals surface area contributed by atoms with Crippen LogP contribution < -0.4 is 12.4 Å². The van der Waals surface area contributed by atoms with E-state index in [4.69, 9.17) is 5.21 Å². The maximum Gasteiger partial charge on any atom is 0.433 e. The first-order chi connectivity index (χ1) is 4.84. The van der Waals surface area contributed by atoms with Crippen LogP contribution in [0.1, 0.15) is 9.67 Å². The minimum Gasteiger partial charge on any atom is -1.00 e. The van der Waals surface area contributed by atoms with E-state index in [1.54, 1.807) is 17.5 Å². The van der Waals surface area contributed by atoms with Crippen molar-refractivity contribution in [2.75, 3.05) is 0 Å². The number of thiophene rings is 1. The Bertz CT molecular complexity index is 285. The van der Waals surface area contributed by atoms with Crippen molar-refractivity contribution in [1.29, 1.82) is 0 Å². The van der Waals surface area contributed by atoms with E-state index in [0.717, 1.165) is 0 Å². The summed E-state index contributed by atoms with van der Waals surface area (Å²) >= 11 is 1.29. The first-order valence-corrected chi connectivity index (χ1v) is 3.40. The van der Waals surface area contributed by atoms with Gasteiger partial charge < -0.3 is 12.4 Å². The zero-order chi connectivity index (χ0) is 7.40. The van der Waals surface area contributed by atoms with Gasteiger partial charge in [0.15, 0.2) is 0 Å². The van der Waals surface area contributed by atoms with Gasteiger partial charge in [0, 0.05) is 0 Å². The third-order valence-corrected chi connectivity index (χ3v) is 1.77. The Morgan fingerprint density at radius 3 is 2.91 bits per heavy atom. The Kier molecular flexibility index (Phi) is 4.27. The van der Waals surface area contributed by atoms with Crippen LogP contribution in [0.5, 0.6) is 0 Å². The van der Waals surface area contributed by atoms with E-state index in [9.17, 15) is 4.79 Å². The lowest BCUT2D eigenvalue weighted by Gasteiger charge is -1.73. The van der Waals surface area contributed by atoms with Crippen molar-refractivity contribution in [3.05, 3.63) is 27.4 Å². The van der Waals surface area contributed by atoms with Gasteiger partial charge in [-0.3, -0.25) is 4.79 Å². The van der Waals surface area contributed by atoms with Gasteiger partial charge in [-0.05, 0) is 11.4 Å². The van der Waals surface area contributed by atoms with Crippen molar-refractivity contribution in [2.45, 2.75) is 0 Å². The summed E-state index contributed by atoms with van der Waals surface area (Å²) in [7, 11) is 0. The highest BCUT2D eigenvalue weighted by atomic mass is 35.5. The molecule has 11 heavy (non-hydrogen) atoms. The monoisotopic (exact) mass is 189 g/mol. The molecule has 0 aliphatic heterocycles. The molecule has 0 aliphatic carbocycles. The van der Waals surface area contributed by atoms with Gasteiger partial charge in [0.05, 0.1) is 4.88 Å². The number of halogens is 1. The maximum atomic E-state index is 10.8. The van der Waals surface area contributed by atoms with Crippen LogP contribution in [0.3, 0.4) is 0 Å². The van der Waals surface area contributed by atoms with Crippen LogP contribution in [0.15, 0.2) is 17.5 Å². The number of nitrogens with zero attached hydrogens (tertiary/aromatic N) is 1. The van der Waals surface area contributed by atoms with Gasteiger partial charge in [0.2, 0.25) is 5.01 Å². The number of rotatable bonds is 1. The minimum absolute atomic E-state index is 0. The van der Waals surface area contributed by atoms with E-state index in [0.29, 0.717) is 4.88 Å². The van der Waals surface area contributed by atoms with E-state index in [1.165, 1.54) is 11.3 Å². The average molecular weight is 190 g/mol. The summed E-state index contributed by atoms with van der Waals surface area (Å²) in [5.74, 6) is -0.391. The Balaban J connectivity index is 0.000001000. The van der Waals surface area contributed by atoms with Gasteiger partial charge >= 0.3 is 11.9 Å². The fourth-order valence-corrected chi connectivity index (χ4v) is 1.12. The molecule has 0 atom stereocenters. The molecule has 1 N–H and O–H groups in total. The number of hydrogen-bond donors (Lipinski definition) is 1. The predicted molar refractivity (Wildman–Crippen MR) is 37.7 cm³/mol. The molecule has 0 bridgehead atoms. The molecular formula is C6H4ClNO2S. The fourth-order valence-electron chi connectivity index (χ4n) is 0.508. The summed E-state index contributed by atoms with van der Waals surface area (Å²) in [5, 5.41) is 12.2. The molecule has 0 aliphatic rings. The summed E-state index contributed by atoms with van der Waals surface area (Å²) in [4.78, 5) is 11.3. The molecule has 0 saturated heterocycles. The van der Waals surface area contributed by atoms with Crippen LogP contribution in [0.4, 0.5) is 0 Å². The molecule has 5 heteroatoms. The van der Waals surface area contributed by atoms with E-state index in [-0.39, 0.29) is 12.4 Å². The summed E-state index contributed by atoms with van der Waals surface area (Å²) in [5.41, 5.74) is 0. The Morgan fingerprint density at radius 2 is 2.45 bits per heavy atom. The van der Waals surface area contributed by atoms with E-state index in [1.807, 2.05) is 6.07 Å². The molecule has 0 fully saturated rings. The lowest BCUT2D eigenvalue weighted by Crippen LogP contribution is -3.00. The Labute approximate surface area is 73.5 Å². The van der Waals surface area contributed by atoms with Gasteiger partial charge in [-0.15, -0.1) is 11.3 Å². The van der Waals surface area contributed by atoms with Gasteiger partial charge in [-0.1, -0.05) is 6.07 Å². The molecule has 0 spiro atoms. The molecule has 58 valence electrons. The minimum atomic E-state index is -0.391. The zero-order valence-electron chi connectivity index (χ0n) is 5.32. The Hall–Kier alpha value is -1.05. The molecule has 0 amide bonds. The van der Waals surface area contributed by atoms with Crippen LogP contribution >= 0.6 is 11.3 Å². The SMILES string of the molecule is O=C(C#[N+]O)c1cccs1.[Cl-]. The van der Waals surface area contributed by atoms with Crippen molar-refractivity contribution < 1.29 is 22.4 Å². The average Bonchev–Trinajstić information content (AvgIpc) is 2.38. The van der Waals surface area contributed by atoms with Gasteiger partial charge in [-0.25, -0.2) is 0 Å². The molecule has 0 radical (unpaired) electrons. The second-order valence-electron chi connectivity index (χ2n) is 1.52. The topological polar surface area (TPSA) is 41.7 Å². The van der Waals surface area contributed by atoms with Crippen LogP contribution in [-0.4, -0.2) is 11.0 Å². The van der Waals surface area contributed by atoms with Crippen LogP contribution in [0, 0.1) is 6.07 Å². The van der Waals surface area contributed by atoms with Gasteiger partial charge in [0.1, 0.15) is 0 Å². The van der Waals surface area contributed by atoms with Crippen molar-refractivity contribution in [1.82, 2.24) is 0 Å². The molecule has 0 saturated carbocycles. The highest BCUT2D eigenvalue weighted by molar-refractivity contribution is 7.12.